The standard InChI is InChI=1S/C26H22N8O3.C24H22ClN7O/c1-27-14-6-7-18-20(10-14)33(13-28-18)25-30-23(32-11-15(35)12-32)22-24(31-25)34(26(37)29-22)19-8-9-21(36)17-5-3-2-4-16(17)19;1-14-28-22-21(15-8-10-26-11-9-15)29-24(31-13-27-19-7-2-16(25)12-20(19)31)30-23(22)32(14)17-3-5-18(33)6-4-17/h2-7,10,13,15,19,21,35-36H,8-9,11-12H2,(H,29,37);2,7-13,17-18,33H,3-6H2,1H3/t19?,21-;/m1./s1. The number of β-amino-alcohol motifs (C(OH)–C–C–N with tert-alkyl or cyclic N) is 1. The molecule has 70 heavy (non-hydrogen) atoms. The molecule has 0 spiro atoms. The third-order valence-corrected chi connectivity index (χ3v) is 14.0. The zero-order valence-electron chi connectivity index (χ0n) is 37.7. The van der Waals surface area contributed by atoms with Crippen LogP contribution in [0.1, 0.15) is 73.7 Å². The molecule has 10 aromatic rings. The Labute approximate surface area is 403 Å². The number of rotatable bonds is 6. The first kappa shape index (κ1) is 43.4. The number of anilines is 1. The van der Waals surface area contributed by atoms with Gasteiger partial charge < -0.3 is 29.8 Å². The van der Waals surface area contributed by atoms with E-state index in [1.54, 1.807) is 52.4 Å². The lowest BCUT2D eigenvalue weighted by Gasteiger charge is -2.37. The quantitative estimate of drug-likeness (QED) is 0.121. The number of hydrogen-bond acceptors (Lipinski definition) is 13. The van der Waals surface area contributed by atoms with E-state index in [9.17, 15) is 20.1 Å². The maximum Gasteiger partial charge on any atom is 0.328 e. The van der Waals surface area contributed by atoms with Crippen molar-refractivity contribution in [1.29, 1.82) is 0 Å². The van der Waals surface area contributed by atoms with Crippen molar-refractivity contribution in [1.82, 2.24) is 63.1 Å². The van der Waals surface area contributed by atoms with Crippen LogP contribution in [-0.4, -0.2) is 104 Å². The van der Waals surface area contributed by atoms with Crippen molar-refractivity contribution in [2.24, 2.45) is 0 Å². The van der Waals surface area contributed by atoms with Gasteiger partial charge in [-0.25, -0.2) is 29.6 Å². The fourth-order valence-corrected chi connectivity index (χ4v) is 10.4. The number of pyridine rings is 1. The van der Waals surface area contributed by atoms with Crippen LogP contribution in [0.25, 0.3) is 72.4 Å². The Morgan fingerprint density at radius 2 is 1.41 bits per heavy atom. The first-order valence-corrected chi connectivity index (χ1v) is 23.5. The fraction of sp³-hybridized carbons (Fsp3) is 0.280. The Morgan fingerprint density at radius 1 is 0.729 bits per heavy atom. The Bertz CT molecular complexity index is 3750. The number of hydrogen-bond donors (Lipinski definition) is 4. The van der Waals surface area contributed by atoms with Crippen molar-refractivity contribution >= 4 is 67.5 Å². The van der Waals surface area contributed by atoms with Crippen LogP contribution < -0.4 is 10.6 Å². The number of aliphatic hydroxyl groups excluding tert-OH is 3. The molecule has 7 aromatic heterocycles. The summed E-state index contributed by atoms with van der Waals surface area (Å²) >= 11 is 6.28. The molecule has 0 bridgehead atoms. The van der Waals surface area contributed by atoms with Gasteiger partial charge in [0.25, 0.3) is 0 Å². The van der Waals surface area contributed by atoms with Crippen LogP contribution in [-0.2, 0) is 0 Å². The molecule has 2 fully saturated rings. The van der Waals surface area contributed by atoms with Crippen LogP contribution in [0.4, 0.5) is 11.5 Å². The molecule has 1 unspecified atom stereocenters. The summed E-state index contributed by atoms with van der Waals surface area (Å²) in [6, 6.07) is 22.2. The molecule has 0 amide bonds. The van der Waals surface area contributed by atoms with E-state index in [2.05, 4.69) is 29.3 Å². The molecule has 2 aliphatic carbocycles. The largest absolute Gasteiger partial charge is 0.393 e. The Balaban J connectivity index is 0.000000145. The number of aromatic amines is 1. The van der Waals surface area contributed by atoms with Crippen LogP contribution in [0.2, 0.25) is 5.02 Å². The highest BCUT2D eigenvalue weighted by atomic mass is 35.5. The van der Waals surface area contributed by atoms with Gasteiger partial charge in [-0.05, 0) is 99.0 Å². The van der Waals surface area contributed by atoms with Crippen LogP contribution in [0.3, 0.4) is 0 Å². The molecule has 0 radical (unpaired) electrons. The lowest BCUT2D eigenvalue weighted by atomic mass is 9.85. The minimum Gasteiger partial charge on any atom is -0.393 e. The minimum atomic E-state index is -0.578. The highest BCUT2D eigenvalue weighted by molar-refractivity contribution is 6.31. The van der Waals surface area contributed by atoms with E-state index < -0.39 is 12.2 Å². The highest BCUT2D eigenvalue weighted by Crippen LogP contribution is 2.40. The van der Waals surface area contributed by atoms with Crippen LogP contribution >= 0.6 is 11.6 Å². The monoisotopic (exact) mass is 953 g/mol. The number of fused-ring (bicyclic) bond motifs is 5. The van der Waals surface area contributed by atoms with Crippen LogP contribution in [0.5, 0.6) is 0 Å². The number of aryl methyl sites for hydroxylation is 1. The second-order valence-corrected chi connectivity index (χ2v) is 18.5. The average Bonchev–Trinajstić information content (AvgIpc) is 4.15. The topological polar surface area (TPSA) is 224 Å². The first-order valence-electron chi connectivity index (χ1n) is 23.1. The number of halogens is 1. The average molecular weight is 954 g/mol. The normalized spacial score (nSPS) is 19.3. The molecule has 19 nitrogen and oxygen atoms in total. The third-order valence-electron chi connectivity index (χ3n) is 13.7. The lowest BCUT2D eigenvalue weighted by molar-refractivity contribution is 0.111. The molecule has 1 saturated carbocycles. The van der Waals surface area contributed by atoms with Gasteiger partial charge in [-0.15, -0.1) is 0 Å². The smallest absolute Gasteiger partial charge is 0.328 e. The SMILES string of the molecule is Cc1nc2c(-c3ccncc3)nc(-n3cnc4ccc(Cl)cc43)nc2n1C1CCC(O)CC1.[C-]#[N+]c1ccc2ncn(-c3nc(N4CC(O)C4)c4[nH]c(=O)n(C5CC[C@@H](O)c6ccccc65)c4n3)c2c1. The Kier molecular flexibility index (Phi) is 10.7. The van der Waals surface area contributed by atoms with Crippen molar-refractivity contribution in [3.63, 3.8) is 0 Å². The van der Waals surface area contributed by atoms with Gasteiger partial charge in [0, 0.05) is 42.1 Å². The summed E-state index contributed by atoms with van der Waals surface area (Å²) in [6.45, 7) is 10.2. The number of imidazole rings is 4. The number of aromatic nitrogens is 13. The number of nitrogens with zero attached hydrogens (tertiary/aromatic N) is 14. The van der Waals surface area contributed by atoms with Crippen molar-refractivity contribution < 1.29 is 15.3 Å². The molecule has 3 aliphatic rings. The maximum atomic E-state index is 13.4. The van der Waals surface area contributed by atoms with E-state index in [4.69, 9.17) is 43.1 Å². The number of nitrogens with one attached hydrogen (secondary N) is 1. The molecule has 13 rings (SSSR count). The predicted octanol–water partition coefficient (Wildman–Crippen LogP) is 7.27. The Morgan fingerprint density at radius 3 is 2.14 bits per heavy atom. The van der Waals surface area contributed by atoms with Gasteiger partial charge in [-0.1, -0.05) is 41.9 Å². The predicted molar refractivity (Wildman–Crippen MR) is 262 cm³/mol. The van der Waals surface area contributed by atoms with Gasteiger partial charge in [0.1, 0.15) is 35.2 Å². The second-order valence-electron chi connectivity index (χ2n) is 18.1. The maximum absolute atomic E-state index is 13.4. The van der Waals surface area contributed by atoms with E-state index in [1.165, 1.54) is 0 Å². The summed E-state index contributed by atoms with van der Waals surface area (Å²) in [6.07, 6.45) is 10.0. The van der Waals surface area contributed by atoms with Crippen molar-refractivity contribution in [2.45, 2.75) is 75.8 Å². The second kappa shape index (κ2) is 17.3. The highest BCUT2D eigenvalue weighted by Gasteiger charge is 2.34. The molecule has 2 atom stereocenters. The fourth-order valence-electron chi connectivity index (χ4n) is 10.3. The van der Waals surface area contributed by atoms with Gasteiger partial charge in [0.15, 0.2) is 22.8 Å². The van der Waals surface area contributed by atoms with Gasteiger partial charge in [0.2, 0.25) is 11.9 Å². The molecule has 20 heteroatoms. The molecule has 8 heterocycles. The number of benzene rings is 3. The van der Waals surface area contributed by atoms with Gasteiger partial charge in [-0.2, -0.15) is 15.0 Å². The minimum absolute atomic E-state index is 0.226. The molecule has 1 saturated heterocycles. The zero-order valence-corrected chi connectivity index (χ0v) is 38.4. The lowest BCUT2D eigenvalue weighted by Crippen LogP contribution is -2.51. The van der Waals surface area contributed by atoms with E-state index in [0.29, 0.717) is 76.6 Å². The summed E-state index contributed by atoms with van der Waals surface area (Å²) < 4.78 is 7.43. The van der Waals surface area contributed by atoms with E-state index in [0.717, 1.165) is 76.1 Å². The third kappa shape index (κ3) is 7.43. The molecule has 350 valence electrons. The summed E-state index contributed by atoms with van der Waals surface area (Å²) in [7, 11) is 0. The van der Waals surface area contributed by atoms with E-state index >= 15 is 0 Å². The van der Waals surface area contributed by atoms with Gasteiger partial charge >= 0.3 is 5.69 Å². The first-order chi connectivity index (χ1) is 34.1. The van der Waals surface area contributed by atoms with Gasteiger partial charge in [-0.3, -0.25) is 18.7 Å². The van der Waals surface area contributed by atoms with Crippen molar-refractivity contribution in [3.05, 3.63) is 142 Å². The van der Waals surface area contributed by atoms with Crippen LogP contribution in [0.15, 0.2) is 103 Å². The van der Waals surface area contributed by atoms with Crippen molar-refractivity contribution in [2.75, 3.05) is 18.0 Å². The van der Waals surface area contributed by atoms with Gasteiger partial charge in [0.05, 0.1) is 53.0 Å². The Hall–Kier alpha value is -7.89. The molecule has 4 N–H and O–H groups in total. The molecular formula is C50H44ClN15O4. The van der Waals surface area contributed by atoms with Crippen LogP contribution in [0, 0.1) is 13.5 Å². The summed E-state index contributed by atoms with van der Waals surface area (Å²) in [5, 5.41) is 31.2. The molecular weight excluding hydrogens is 910 g/mol. The van der Waals surface area contributed by atoms with E-state index in [1.807, 2.05) is 71.0 Å². The van der Waals surface area contributed by atoms with E-state index in [-0.39, 0.29) is 23.9 Å². The number of aliphatic hydroxyl groups is 3. The zero-order chi connectivity index (χ0) is 47.8. The summed E-state index contributed by atoms with van der Waals surface area (Å²) in [5.74, 6) is 2.24. The van der Waals surface area contributed by atoms with Crippen molar-refractivity contribution in [3.8, 4) is 23.2 Å². The summed E-state index contributed by atoms with van der Waals surface area (Å²) in [5.41, 5.74) is 9.04. The molecule has 3 aromatic carbocycles. The molecule has 1 aliphatic heterocycles. The number of H-pyrrole nitrogens is 1. The summed E-state index contributed by atoms with van der Waals surface area (Å²) in [4.78, 5) is 59.4.